The van der Waals surface area contributed by atoms with E-state index in [0.29, 0.717) is 11.8 Å². The van der Waals surface area contributed by atoms with Crippen molar-refractivity contribution in [3.8, 4) is 0 Å². The minimum Gasteiger partial charge on any atom is -0.392 e. The van der Waals surface area contributed by atoms with Gasteiger partial charge in [0, 0.05) is 0 Å². The Labute approximate surface area is 82.9 Å². The van der Waals surface area contributed by atoms with Crippen LogP contribution in [0, 0.1) is 11.8 Å². The van der Waals surface area contributed by atoms with Gasteiger partial charge < -0.3 is 5.11 Å². The Morgan fingerprint density at radius 1 is 1.23 bits per heavy atom. The van der Waals surface area contributed by atoms with Crippen LogP contribution in [0.5, 0.6) is 0 Å². The summed E-state index contributed by atoms with van der Waals surface area (Å²) in [6, 6.07) is 0. The smallest absolute Gasteiger partial charge is 0.0646 e. The first-order chi connectivity index (χ1) is 6.04. The highest BCUT2D eigenvalue weighted by Gasteiger charge is 2.11. The van der Waals surface area contributed by atoms with Gasteiger partial charge in [0.25, 0.3) is 0 Å². The first kappa shape index (κ1) is 12.7. The van der Waals surface area contributed by atoms with E-state index in [1.807, 2.05) is 0 Å². The standard InChI is InChI=1S/C12H24O/c1-6-7-10(4)12(8-13)11(5)9(2)3/h9-10,13H,6-8H2,1-5H3. The number of rotatable bonds is 5. The molecule has 13 heavy (non-hydrogen) atoms. The van der Waals surface area contributed by atoms with Crippen molar-refractivity contribution in [2.75, 3.05) is 6.61 Å². The van der Waals surface area contributed by atoms with E-state index in [9.17, 15) is 5.11 Å². The van der Waals surface area contributed by atoms with Crippen molar-refractivity contribution < 1.29 is 5.11 Å². The maximum absolute atomic E-state index is 9.28. The Balaban J connectivity index is 4.55. The summed E-state index contributed by atoms with van der Waals surface area (Å²) in [7, 11) is 0. The molecule has 0 saturated carbocycles. The highest BCUT2D eigenvalue weighted by atomic mass is 16.3. The Bertz CT molecular complexity index is 168. The van der Waals surface area contributed by atoms with Crippen molar-refractivity contribution in [2.24, 2.45) is 11.8 Å². The fourth-order valence-electron chi connectivity index (χ4n) is 1.65. The quantitative estimate of drug-likeness (QED) is 0.649. The van der Waals surface area contributed by atoms with Gasteiger partial charge in [-0.15, -0.1) is 0 Å². The second-order valence-corrected chi connectivity index (χ2v) is 4.21. The summed E-state index contributed by atoms with van der Waals surface area (Å²) in [6.45, 7) is 11.1. The van der Waals surface area contributed by atoms with Crippen molar-refractivity contribution in [3.63, 3.8) is 0 Å². The molecular weight excluding hydrogens is 160 g/mol. The zero-order valence-corrected chi connectivity index (χ0v) is 9.72. The molecule has 0 rings (SSSR count). The van der Waals surface area contributed by atoms with Crippen molar-refractivity contribution in [1.29, 1.82) is 0 Å². The lowest BCUT2D eigenvalue weighted by Crippen LogP contribution is -2.09. The maximum Gasteiger partial charge on any atom is 0.0646 e. The Kier molecular flexibility index (Phi) is 6.06. The summed E-state index contributed by atoms with van der Waals surface area (Å²) >= 11 is 0. The van der Waals surface area contributed by atoms with Gasteiger partial charge in [-0.3, -0.25) is 0 Å². The molecule has 1 nitrogen and oxygen atoms in total. The molecule has 0 aromatic carbocycles. The minimum atomic E-state index is 0.227. The van der Waals surface area contributed by atoms with Gasteiger partial charge in [-0.2, -0.15) is 0 Å². The van der Waals surface area contributed by atoms with E-state index in [2.05, 4.69) is 34.6 Å². The molecule has 1 heteroatoms. The lowest BCUT2D eigenvalue weighted by Gasteiger charge is -2.19. The largest absolute Gasteiger partial charge is 0.392 e. The molecule has 0 amide bonds. The first-order valence-corrected chi connectivity index (χ1v) is 5.34. The molecule has 0 aromatic rings. The average Bonchev–Trinajstić information content (AvgIpc) is 2.05. The third-order valence-corrected chi connectivity index (χ3v) is 2.86. The third-order valence-electron chi connectivity index (χ3n) is 2.86. The van der Waals surface area contributed by atoms with Crippen LogP contribution in [-0.4, -0.2) is 11.7 Å². The van der Waals surface area contributed by atoms with E-state index in [-0.39, 0.29) is 6.61 Å². The van der Waals surface area contributed by atoms with Gasteiger partial charge >= 0.3 is 0 Å². The second kappa shape index (κ2) is 6.20. The molecule has 0 heterocycles. The molecular formula is C12H24O. The molecule has 0 radical (unpaired) electrons. The van der Waals surface area contributed by atoms with Gasteiger partial charge in [0.2, 0.25) is 0 Å². The number of allylic oxidation sites excluding steroid dienone is 1. The van der Waals surface area contributed by atoms with Crippen molar-refractivity contribution in [2.45, 2.75) is 47.5 Å². The number of hydrogen-bond acceptors (Lipinski definition) is 1. The van der Waals surface area contributed by atoms with E-state index < -0.39 is 0 Å². The van der Waals surface area contributed by atoms with Crippen LogP contribution in [0.3, 0.4) is 0 Å². The van der Waals surface area contributed by atoms with E-state index in [0.717, 1.165) is 0 Å². The van der Waals surface area contributed by atoms with Crippen LogP contribution in [0.4, 0.5) is 0 Å². The SMILES string of the molecule is CCCC(C)C(CO)=C(C)C(C)C. The lowest BCUT2D eigenvalue weighted by atomic mass is 9.89. The third kappa shape index (κ3) is 3.95. The lowest BCUT2D eigenvalue weighted by molar-refractivity contribution is 0.309. The van der Waals surface area contributed by atoms with Crippen LogP contribution in [0.1, 0.15) is 47.5 Å². The van der Waals surface area contributed by atoms with Gasteiger partial charge in [0.1, 0.15) is 0 Å². The fraction of sp³-hybridized carbons (Fsp3) is 0.833. The van der Waals surface area contributed by atoms with Gasteiger partial charge in [0.15, 0.2) is 0 Å². The second-order valence-electron chi connectivity index (χ2n) is 4.21. The van der Waals surface area contributed by atoms with Crippen LogP contribution >= 0.6 is 0 Å². The number of aliphatic hydroxyl groups excluding tert-OH is 1. The molecule has 0 aliphatic rings. The Morgan fingerprint density at radius 2 is 1.77 bits per heavy atom. The molecule has 0 spiro atoms. The number of aliphatic hydroxyl groups is 1. The summed E-state index contributed by atoms with van der Waals surface area (Å²) in [5, 5.41) is 9.28. The predicted octanol–water partition coefficient (Wildman–Crippen LogP) is 3.39. The molecule has 1 atom stereocenters. The van der Waals surface area contributed by atoms with Gasteiger partial charge in [-0.25, -0.2) is 0 Å². The van der Waals surface area contributed by atoms with Crippen molar-refractivity contribution in [1.82, 2.24) is 0 Å². The predicted molar refractivity (Wildman–Crippen MR) is 58.7 cm³/mol. The fourth-order valence-corrected chi connectivity index (χ4v) is 1.65. The summed E-state index contributed by atoms with van der Waals surface area (Å²) in [6.07, 6.45) is 2.37. The molecule has 0 bridgehead atoms. The van der Waals surface area contributed by atoms with Crippen LogP contribution in [0.15, 0.2) is 11.1 Å². The van der Waals surface area contributed by atoms with E-state index >= 15 is 0 Å². The average molecular weight is 184 g/mol. The maximum atomic E-state index is 9.28. The van der Waals surface area contributed by atoms with Crippen LogP contribution < -0.4 is 0 Å². The van der Waals surface area contributed by atoms with Crippen LogP contribution in [-0.2, 0) is 0 Å². The van der Waals surface area contributed by atoms with Gasteiger partial charge in [-0.1, -0.05) is 39.7 Å². The van der Waals surface area contributed by atoms with Crippen molar-refractivity contribution in [3.05, 3.63) is 11.1 Å². The van der Waals surface area contributed by atoms with E-state index in [1.54, 1.807) is 0 Å². The summed E-state index contributed by atoms with van der Waals surface area (Å²) < 4.78 is 0. The highest BCUT2D eigenvalue weighted by Crippen LogP contribution is 2.23. The zero-order chi connectivity index (χ0) is 10.4. The van der Waals surface area contributed by atoms with Gasteiger partial charge in [-0.05, 0) is 30.8 Å². The molecule has 0 aromatic heterocycles. The van der Waals surface area contributed by atoms with Gasteiger partial charge in [0.05, 0.1) is 6.61 Å². The topological polar surface area (TPSA) is 20.2 Å². The Hall–Kier alpha value is -0.300. The normalized spacial score (nSPS) is 15.9. The summed E-state index contributed by atoms with van der Waals surface area (Å²) in [4.78, 5) is 0. The van der Waals surface area contributed by atoms with E-state index in [1.165, 1.54) is 24.0 Å². The summed E-state index contributed by atoms with van der Waals surface area (Å²) in [5.41, 5.74) is 2.61. The minimum absolute atomic E-state index is 0.227. The van der Waals surface area contributed by atoms with Crippen LogP contribution in [0.25, 0.3) is 0 Å². The van der Waals surface area contributed by atoms with Crippen LogP contribution in [0.2, 0.25) is 0 Å². The van der Waals surface area contributed by atoms with Crippen molar-refractivity contribution >= 4 is 0 Å². The number of hydrogen-bond donors (Lipinski definition) is 1. The molecule has 1 N–H and O–H groups in total. The molecule has 0 aliphatic carbocycles. The molecule has 0 aliphatic heterocycles. The van der Waals surface area contributed by atoms with E-state index in [4.69, 9.17) is 0 Å². The Morgan fingerprint density at radius 3 is 2.08 bits per heavy atom. The molecule has 0 saturated heterocycles. The first-order valence-electron chi connectivity index (χ1n) is 5.34. The molecule has 1 unspecified atom stereocenters. The zero-order valence-electron chi connectivity index (χ0n) is 9.72. The summed E-state index contributed by atoms with van der Waals surface area (Å²) in [5.74, 6) is 1.10. The monoisotopic (exact) mass is 184 g/mol. The highest BCUT2D eigenvalue weighted by molar-refractivity contribution is 5.16. The molecule has 0 fully saturated rings. The molecule has 78 valence electrons.